The van der Waals surface area contributed by atoms with Crippen molar-refractivity contribution < 1.29 is 23.9 Å². The Labute approximate surface area is 609 Å². The van der Waals surface area contributed by atoms with E-state index in [1.54, 1.807) is 51.0 Å². The molecule has 6 aromatic heterocycles. The Morgan fingerprint density at radius 2 is 1.03 bits per heavy atom. The molecule has 13 N–H and O–H groups in total. The Bertz CT molecular complexity index is 4980. The van der Waals surface area contributed by atoms with E-state index in [-0.39, 0.29) is 75.8 Å². The second kappa shape index (κ2) is 35.9. The number of nitrogens with zero attached hydrogens (tertiary/aromatic N) is 11. The molecule has 7 heterocycles. The van der Waals surface area contributed by atoms with Crippen molar-refractivity contribution in [3.05, 3.63) is 280 Å². The smallest absolute Gasteiger partial charge is 0.252 e. The van der Waals surface area contributed by atoms with Gasteiger partial charge >= 0.3 is 0 Å². The molecule has 13 aromatic rings. The summed E-state index contributed by atoms with van der Waals surface area (Å²) in [5.74, 6) is 4.22. The quantitative estimate of drug-likeness (QED) is 0.0420. The van der Waals surface area contributed by atoms with Crippen LogP contribution in [0.2, 0.25) is 5.02 Å². The lowest BCUT2D eigenvalue weighted by atomic mass is 10.0. The van der Waals surface area contributed by atoms with Crippen LogP contribution in [0.4, 0.5) is 41.1 Å². The van der Waals surface area contributed by atoms with Crippen LogP contribution in [0, 0.1) is 0 Å². The lowest BCUT2D eigenvalue weighted by Gasteiger charge is -2.18. The molecule has 7 aromatic carbocycles. The zero-order valence-electron chi connectivity index (χ0n) is 55.4. The predicted molar refractivity (Wildman–Crippen MR) is 414 cm³/mol. The van der Waals surface area contributed by atoms with Gasteiger partial charge in [0.1, 0.15) is 34.8 Å². The molecule has 0 unspecified atom stereocenters. The van der Waals surface area contributed by atoms with E-state index in [0.29, 0.717) is 53.8 Å². The van der Waals surface area contributed by atoms with Crippen molar-refractivity contribution in [1.82, 2.24) is 65.0 Å². The largest absolute Gasteiger partial charge is 0.497 e. The molecule has 0 saturated carbocycles. The summed E-state index contributed by atoms with van der Waals surface area (Å²) in [6, 6.07) is 60.7. The van der Waals surface area contributed by atoms with Gasteiger partial charge in [0.25, 0.3) is 17.7 Å². The van der Waals surface area contributed by atoms with Crippen LogP contribution in [0.3, 0.4) is 0 Å². The van der Waals surface area contributed by atoms with E-state index in [2.05, 4.69) is 67.6 Å². The van der Waals surface area contributed by atoms with Gasteiger partial charge < -0.3 is 68.1 Å². The number of halogens is 1. The Balaban J connectivity index is 0.000000176. The molecule has 0 radical (unpaired) electrons. The van der Waals surface area contributed by atoms with Crippen LogP contribution in [0.5, 0.6) is 11.5 Å². The van der Waals surface area contributed by atoms with Gasteiger partial charge in [-0.3, -0.25) is 14.4 Å². The van der Waals surface area contributed by atoms with Crippen LogP contribution in [-0.2, 0) is 25.9 Å². The second-order valence-electron chi connectivity index (χ2n) is 22.7. The first-order chi connectivity index (χ1) is 48.6. The third kappa shape index (κ3) is 19.2. The van der Waals surface area contributed by atoms with E-state index in [9.17, 15) is 14.4 Å². The molecule has 0 aliphatic carbocycles. The van der Waals surface area contributed by atoms with Crippen LogP contribution < -0.4 is 59.0 Å². The van der Waals surface area contributed by atoms with E-state index in [4.69, 9.17) is 49.7 Å². The molecule has 26 heteroatoms. The normalized spacial score (nSPS) is 11.2. The van der Waals surface area contributed by atoms with Crippen molar-refractivity contribution in [3.63, 3.8) is 0 Å². The number of rotatable bonds is 17. The highest BCUT2D eigenvalue weighted by Gasteiger charge is 2.27. The SMILES string of the molecule is C.C.CC[C@H](NC(=O)c1cccc2c1ccn2-c1ccnc(N)n1)c1ccccc1.COc1cccc(CNC(=O)c2cccc3c2CCN3c2ccnc(N)n2)c1.COc1cccc(CNC(=O)c2cccc3c2ccn3-c2cc(N)nc(N)n2)c1.Nc1nccc(Cc2cccc(Cl)c2)n1.S. The molecular formula is C77H82ClN19O5S. The number of ether oxygens (including phenoxy) is 2. The molecule has 24 nitrogen and oxygen atoms in total. The molecule has 1 aliphatic rings. The third-order valence-electron chi connectivity index (χ3n) is 16.2. The van der Waals surface area contributed by atoms with Crippen LogP contribution in [0.25, 0.3) is 33.4 Å². The number of amides is 3. The van der Waals surface area contributed by atoms with Crippen molar-refractivity contribution in [3.8, 4) is 23.1 Å². The van der Waals surface area contributed by atoms with E-state index >= 15 is 0 Å². The molecule has 3 amide bonds. The summed E-state index contributed by atoms with van der Waals surface area (Å²) in [5.41, 5.74) is 39.0. The number of hydrogen-bond donors (Lipinski definition) is 8. The molecule has 103 heavy (non-hydrogen) atoms. The molecule has 14 rings (SSSR count). The van der Waals surface area contributed by atoms with Gasteiger partial charge in [0.15, 0.2) is 0 Å². The summed E-state index contributed by atoms with van der Waals surface area (Å²) in [4.78, 5) is 73.3. The standard InChI is InChI=1S/C22H21N5O.C21H20N6O2.C21H21N5O2.C11H10ClN3.2CH4.H2S/c1-2-18(15-7-4-3-5-8-15)25-21(28)17-9-6-10-19-16(17)12-14-27(19)20-11-13-24-22(23)26-20;1-29-14-5-2-4-13(10-14)12-24-20(28)16-6-3-7-17-15(16)8-9-27(17)19-11-18(22)25-21(23)26-19;1-28-15-5-2-4-14(12-15)13-24-20(27)17-6-3-7-18-16(17)9-11-26(18)19-8-10-23-21(22)25-19;12-9-3-1-2-8(6-9)7-10-4-5-14-11(13)15-10;;;/h3-14,18H,2H2,1H3,(H,25,28)(H2,23,24,26);2-11H,12H2,1H3,(H,24,28)(H4,22,23,25,26);2-8,10,12H,9,11,13H2,1H3,(H,24,27)(H2,22,23,25);1-6H,7H2,(H2,13,14,15);2*1H4;1H2/t18-;;;;;;/m0....../s1. The first-order valence-corrected chi connectivity index (χ1v) is 32.2. The lowest BCUT2D eigenvalue weighted by molar-refractivity contribution is 0.0932. The number of hydrogen-bond acceptors (Lipinski definition) is 19. The minimum Gasteiger partial charge on any atom is -0.497 e. The zero-order valence-corrected chi connectivity index (χ0v) is 57.2. The molecule has 0 fully saturated rings. The number of carbonyl (C=O) groups is 3. The highest BCUT2D eigenvalue weighted by atomic mass is 35.5. The van der Waals surface area contributed by atoms with Crippen LogP contribution in [-0.4, -0.2) is 87.5 Å². The minimum atomic E-state index is -0.169. The molecule has 0 saturated heterocycles. The number of nitrogens with one attached hydrogen (secondary N) is 3. The number of aromatic nitrogens is 10. The number of anilines is 7. The lowest BCUT2D eigenvalue weighted by Crippen LogP contribution is -2.28. The van der Waals surface area contributed by atoms with Gasteiger partial charge in [-0.05, 0) is 144 Å². The average Bonchev–Trinajstić information content (AvgIpc) is 1.67. The number of benzene rings is 7. The van der Waals surface area contributed by atoms with Gasteiger partial charge in [-0.1, -0.05) is 118 Å². The maximum atomic E-state index is 13.0. The van der Waals surface area contributed by atoms with E-state index in [1.807, 2.05) is 197 Å². The predicted octanol–water partition coefficient (Wildman–Crippen LogP) is 12.8. The van der Waals surface area contributed by atoms with Gasteiger partial charge in [0.2, 0.25) is 23.8 Å². The van der Waals surface area contributed by atoms with E-state index in [1.165, 1.54) is 0 Å². The van der Waals surface area contributed by atoms with Gasteiger partial charge in [-0.2, -0.15) is 33.4 Å². The number of carbonyl (C=O) groups excluding carboxylic acids is 3. The van der Waals surface area contributed by atoms with E-state index < -0.39 is 0 Å². The van der Waals surface area contributed by atoms with Crippen molar-refractivity contribution in [2.45, 2.75) is 60.2 Å². The van der Waals surface area contributed by atoms with Gasteiger partial charge in [0.05, 0.1) is 37.0 Å². The van der Waals surface area contributed by atoms with Crippen molar-refractivity contribution in [2.75, 3.05) is 54.3 Å². The molecule has 0 spiro atoms. The Morgan fingerprint density at radius 3 is 1.61 bits per heavy atom. The number of methoxy groups -OCH3 is 2. The summed E-state index contributed by atoms with van der Waals surface area (Å²) in [5, 5.41) is 11.5. The number of fused-ring (bicyclic) bond motifs is 3. The van der Waals surface area contributed by atoms with Crippen LogP contribution in [0.15, 0.2) is 225 Å². The number of nitrogens with two attached hydrogens (primary N) is 5. The van der Waals surface area contributed by atoms with Crippen LogP contribution >= 0.6 is 25.1 Å². The van der Waals surface area contributed by atoms with Gasteiger partial charge in [-0.25, -0.2) is 19.9 Å². The topological polar surface area (TPSA) is 352 Å². The summed E-state index contributed by atoms with van der Waals surface area (Å²) in [6.45, 7) is 3.64. The van der Waals surface area contributed by atoms with Crippen molar-refractivity contribution in [2.24, 2.45) is 0 Å². The zero-order chi connectivity index (χ0) is 70.1. The monoisotopic (exact) mass is 1420 g/mol. The van der Waals surface area contributed by atoms with Gasteiger partial charge in [-0.15, -0.1) is 0 Å². The number of nitrogen functional groups attached to an aromatic ring is 5. The van der Waals surface area contributed by atoms with Crippen molar-refractivity contribution in [1.29, 1.82) is 0 Å². The summed E-state index contributed by atoms with van der Waals surface area (Å²) in [6.07, 6.45) is 10.9. The fraction of sp³-hybridized carbons (Fsp3) is 0.156. The van der Waals surface area contributed by atoms with Gasteiger partial charge in [0, 0.05) is 101 Å². The molecule has 1 aliphatic heterocycles. The van der Waals surface area contributed by atoms with E-state index in [0.717, 1.165) is 103 Å². The Morgan fingerprint density at radius 1 is 0.515 bits per heavy atom. The minimum absolute atomic E-state index is 0. The highest BCUT2D eigenvalue weighted by molar-refractivity contribution is 7.59. The Kier molecular flexibility index (Phi) is 26.6. The first-order valence-electron chi connectivity index (χ1n) is 31.8. The molecule has 528 valence electrons. The highest BCUT2D eigenvalue weighted by Crippen LogP contribution is 2.36. The molecular weight excluding hydrogens is 1340 g/mol. The molecule has 1 atom stereocenters. The maximum Gasteiger partial charge on any atom is 0.252 e. The summed E-state index contributed by atoms with van der Waals surface area (Å²) in [7, 11) is 3.24. The molecule has 0 bridgehead atoms. The second-order valence-corrected chi connectivity index (χ2v) is 23.2. The summed E-state index contributed by atoms with van der Waals surface area (Å²) < 4.78 is 14.2. The fourth-order valence-electron chi connectivity index (χ4n) is 11.5. The maximum absolute atomic E-state index is 13.0. The average molecular weight is 1420 g/mol. The fourth-order valence-corrected chi connectivity index (χ4v) is 11.7. The Hall–Kier alpha value is -12.6. The van der Waals surface area contributed by atoms with Crippen molar-refractivity contribution >= 4 is 106 Å². The third-order valence-corrected chi connectivity index (χ3v) is 16.4. The van der Waals surface area contributed by atoms with Crippen LogP contribution in [0.1, 0.15) is 98.8 Å². The summed E-state index contributed by atoms with van der Waals surface area (Å²) >= 11 is 5.88. The first kappa shape index (κ1) is 76.1.